The molecule has 1 N–H and O–H groups in total. The van der Waals surface area contributed by atoms with Gasteiger partial charge in [0.25, 0.3) is 17.5 Å². The highest BCUT2D eigenvalue weighted by Gasteiger charge is 2.36. The number of carbonyl (C=O) groups is 2. The lowest BCUT2D eigenvalue weighted by atomic mass is 10.0. The van der Waals surface area contributed by atoms with Crippen LogP contribution in [0.25, 0.3) is 0 Å². The van der Waals surface area contributed by atoms with Crippen LogP contribution in [-0.4, -0.2) is 22.1 Å². The molecule has 1 heterocycles. The second-order valence-electron chi connectivity index (χ2n) is 3.48. The summed E-state index contributed by atoms with van der Waals surface area (Å²) in [5.74, 6) is -1.29. The second-order valence-corrected chi connectivity index (χ2v) is 4.27. The standard InChI is InChI=1S/C10H7BrN2O4/c11-4-3-5-1-2-6-7(8(5)13(16)17)10(15)12-9(6)14/h1-2H,3-4H2,(H,12,14,15). The van der Waals surface area contributed by atoms with Crippen LogP contribution in [0.2, 0.25) is 0 Å². The van der Waals surface area contributed by atoms with E-state index in [2.05, 4.69) is 21.2 Å². The Hall–Kier alpha value is -1.76. The molecule has 0 bridgehead atoms. The first-order chi connectivity index (χ1) is 8.06. The van der Waals surface area contributed by atoms with E-state index in [-0.39, 0.29) is 16.8 Å². The van der Waals surface area contributed by atoms with E-state index in [1.54, 1.807) is 0 Å². The van der Waals surface area contributed by atoms with Crippen LogP contribution in [0.4, 0.5) is 5.69 Å². The molecule has 2 amide bonds. The van der Waals surface area contributed by atoms with Gasteiger partial charge in [0.05, 0.1) is 10.5 Å². The van der Waals surface area contributed by atoms with E-state index >= 15 is 0 Å². The second kappa shape index (κ2) is 4.25. The molecular weight excluding hydrogens is 292 g/mol. The summed E-state index contributed by atoms with van der Waals surface area (Å²) in [5.41, 5.74) is 0.110. The van der Waals surface area contributed by atoms with Crippen molar-refractivity contribution in [3.63, 3.8) is 0 Å². The lowest BCUT2D eigenvalue weighted by molar-refractivity contribution is -0.385. The van der Waals surface area contributed by atoms with Gasteiger partial charge in [-0.05, 0) is 12.5 Å². The third-order valence-electron chi connectivity index (χ3n) is 2.51. The van der Waals surface area contributed by atoms with Crippen molar-refractivity contribution in [3.8, 4) is 0 Å². The molecule has 0 radical (unpaired) electrons. The maximum Gasteiger partial charge on any atom is 0.286 e. The molecule has 1 aromatic carbocycles. The fraction of sp³-hybridized carbons (Fsp3) is 0.200. The van der Waals surface area contributed by atoms with Crippen molar-refractivity contribution in [1.29, 1.82) is 0 Å². The van der Waals surface area contributed by atoms with Gasteiger partial charge in [0.15, 0.2) is 0 Å². The summed E-state index contributed by atoms with van der Waals surface area (Å²) in [4.78, 5) is 33.3. The number of nitrogens with zero attached hydrogens (tertiary/aromatic N) is 1. The van der Waals surface area contributed by atoms with E-state index in [0.717, 1.165) is 0 Å². The summed E-state index contributed by atoms with van der Waals surface area (Å²) in [6.45, 7) is 0. The van der Waals surface area contributed by atoms with Gasteiger partial charge in [-0.1, -0.05) is 22.0 Å². The number of halogens is 1. The van der Waals surface area contributed by atoms with Crippen LogP contribution in [0.5, 0.6) is 0 Å². The van der Waals surface area contributed by atoms with E-state index in [4.69, 9.17) is 0 Å². The van der Waals surface area contributed by atoms with E-state index in [9.17, 15) is 19.7 Å². The topological polar surface area (TPSA) is 89.3 Å². The quantitative estimate of drug-likeness (QED) is 0.395. The molecule has 0 fully saturated rings. The fourth-order valence-corrected chi connectivity index (χ4v) is 2.23. The number of carbonyl (C=O) groups excluding carboxylic acids is 2. The zero-order chi connectivity index (χ0) is 12.6. The maximum absolute atomic E-state index is 11.5. The number of nitro benzene ring substituents is 1. The number of benzene rings is 1. The molecule has 1 aliphatic heterocycles. The lowest BCUT2D eigenvalue weighted by Crippen LogP contribution is -2.20. The van der Waals surface area contributed by atoms with Crippen molar-refractivity contribution in [2.75, 3.05) is 5.33 Å². The molecule has 7 heteroatoms. The predicted molar refractivity (Wildman–Crippen MR) is 62.4 cm³/mol. The Morgan fingerprint density at radius 2 is 2.00 bits per heavy atom. The molecule has 0 aromatic heterocycles. The Kier molecular flexibility index (Phi) is 2.93. The minimum absolute atomic E-state index is 0.0695. The van der Waals surface area contributed by atoms with Crippen LogP contribution in [0.3, 0.4) is 0 Å². The number of alkyl halides is 1. The molecule has 0 saturated heterocycles. The van der Waals surface area contributed by atoms with Crippen LogP contribution < -0.4 is 5.32 Å². The number of imide groups is 1. The number of nitro groups is 1. The van der Waals surface area contributed by atoms with Crippen LogP contribution in [0, 0.1) is 10.1 Å². The number of rotatable bonds is 3. The molecule has 0 saturated carbocycles. The first-order valence-corrected chi connectivity index (χ1v) is 5.90. The largest absolute Gasteiger partial charge is 0.288 e. The Labute approximate surface area is 104 Å². The molecule has 2 rings (SSSR count). The van der Waals surface area contributed by atoms with Gasteiger partial charge in [-0.15, -0.1) is 0 Å². The average molecular weight is 299 g/mol. The van der Waals surface area contributed by atoms with Crippen molar-refractivity contribution in [2.45, 2.75) is 6.42 Å². The zero-order valence-electron chi connectivity index (χ0n) is 8.53. The zero-order valence-corrected chi connectivity index (χ0v) is 10.1. The summed E-state index contributed by atoms with van der Waals surface area (Å²) >= 11 is 3.19. The number of amides is 2. The third kappa shape index (κ3) is 1.82. The fourth-order valence-electron chi connectivity index (χ4n) is 1.80. The van der Waals surface area contributed by atoms with Gasteiger partial charge in [0.2, 0.25) is 0 Å². The molecule has 1 aromatic rings. The van der Waals surface area contributed by atoms with Crippen molar-refractivity contribution in [1.82, 2.24) is 5.32 Å². The number of aryl methyl sites for hydroxylation is 1. The Morgan fingerprint density at radius 1 is 1.29 bits per heavy atom. The van der Waals surface area contributed by atoms with E-state index in [1.807, 2.05) is 0 Å². The minimum atomic E-state index is -0.701. The number of nitrogens with one attached hydrogen (secondary N) is 1. The van der Waals surface area contributed by atoms with Gasteiger partial charge >= 0.3 is 0 Å². The van der Waals surface area contributed by atoms with Crippen molar-refractivity contribution in [2.24, 2.45) is 0 Å². The normalized spacial score (nSPS) is 13.5. The lowest BCUT2D eigenvalue weighted by Gasteiger charge is -2.03. The van der Waals surface area contributed by atoms with Gasteiger partial charge < -0.3 is 0 Å². The highest BCUT2D eigenvalue weighted by atomic mass is 79.9. The highest BCUT2D eigenvalue weighted by molar-refractivity contribution is 9.09. The molecular formula is C10H7BrN2O4. The average Bonchev–Trinajstić information content (AvgIpc) is 2.54. The molecule has 0 spiro atoms. The van der Waals surface area contributed by atoms with Crippen LogP contribution >= 0.6 is 15.9 Å². The Bertz CT molecular complexity index is 541. The molecule has 1 aliphatic rings. The first-order valence-electron chi connectivity index (χ1n) is 4.78. The Balaban J connectivity index is 2.70. The smallest absolute Gasteiger partial charge is 0.286 e. The molecule has 0 unspecified atom stereocenters. The third-order valence-corrected chi connectivity index (χ3v) is 2.90. The van der Waals surface area contributed by atoms with E-state index in [1.165, 1.54) is 12.1 Å². The maximum atomic E-state index is 11.5. The van der Waals surface area contributed by atoms with Crippen molar-refractivity contribution < 1.29 is 14.5 Å². The van der Waals surface area contributed by atoms with Gasteiger partial charge in [0.1, 0.15) is 5.56 Å². The minimum Gasteiger partial charge on any atom is -0.288 e. The van der Waals surface area contributed by atoms with Gasteiger partial charge in [-0.25, -0.2) is 0 Å². The summed E-state index contributed by atoms with van der Waals surface area (Å²) in [7, 11) is 0. The van der Waals surface area contributed by atoms with Crippen molar-refractivity contribution in [3.05, 3.63) is 38.9 Å². The Morgan fingerprint density at radius 3 is 2.59 bits per heavy atom. The molecule has 17 heavy (non-hydrogen) atoms. The number of hydrogen-bond acceptors (Lipinski definition) is 4. The van der Waals surface area contributed by atoms with Crippen molar-refractivity contribution >= 4 is 33.4 Å². The summed E-state index contributed by atoms with van der Waals surface area (Å²) in [6, 6.07) is 2.96. The van der Waals surface area contributed by atoms with Gasteiger partial charge in [-0.2, -0.15) is 0 Å². The summed E-state index contributed by atoms with van der Waals surface area (Å²) in [5, 5.41) is 13.6. The SMILES string of the molecule is O=C1NC(=O)c2c1ccc(CCBr)c2[N+](=O)[O-]. The molecule has 6 nitrogen and oxygen atoms in total. The van der Waals surface area contributed by atoms with Crippen LogP contribution in [0.1, 0.15) is 26.3 Å². The first kappa shape index (κ1) is 11.7. The van der Waals surface area contributed by atoms with Crippen LogP contribution in [-0.2, 0) is 6.42 Å². The number of hydrogen-bond donors (Lipinski definition) is 1. The van der Waals surface area contributed by atoms with Gasteiger partial charge in [-0.3, -0.25) is 25.0 Å². The number of fused-ring (bicyclic) bond motifs is 1. The summed E-state index contributed by atoms with van der Waals surface area (Å²) in [6.07, 6.45) is 0.422. The van der Waals surface area contributed by atoms with E-state index < -0.39 is 16.7 Å². The van der Waals surface area contributed by atoms with E-state index in [0.29, 0.717) is 17.3 Å². The van der Waals surface area contributed by atoms with Gasteiger partial charge in [0, 0.05) is 10.9 Å². The molecule has 0 aliphatic carbocycles. The monoisotopic (exact) mass is 298 g/mol. The molecule has 0 atom stereocenters. The summed E-state index contributed by atoms with van der Waals surface area (Å²) < 4.78 is 0. The van der Waals surface area contributed by atoms with Crippen LogP contribution in [0.15, 0.2) is 12.1 Å². The highest BCUT2D eigenvalue weighted by Crippen LogP contribution is 2.30. The molecule has 88 valence electrons. The predicted octanol–water partition coefficient (Wildman–Crippen LogP) is 1.42.